The van der Waals surface area contributed by atoms with Gasteiger partial charge in [0.15, 0.2) is 12.1 Å². The molecule has 1 aromatic carbocycles. The molecule has 3 N–H and O–H groups in total. The topological polar surface area (TPSA) is 104 Å². The molecule has 0 fully saturated rings. The molecule has 0 aromatic heterocycles. The number of hydrogen-bond donors (Lipinski definition) is 3. The molecule has 0 heterocycles. The van der Waals surface area contributed by atoms with E-state index < -0.39 is 50.9 Å². The Morgan fingerprint density at radius 2 is 1.67 bits per heavy atom. The number of alkyl halides is 6. The number of carboxylic acids is 1. The van der Waals surface area contributed by atoms with Gasteiger partial charge in [0.05, 0.1) is 10.5 Å². The van der Waals surface area contributed by atoms with Crippen molar-refractivity contribution in [3.05, 3.63) is 29.8 Å². The van der Waals surface area contributed by atoms with Gasteiger partial charge in [0.1, 0.15) is 0 Å². The van der Waals surface area contributed by atoms with E-state index in [1.807, 2.05) is 0 Å². The largest absolute Gasteiger partial charge is 0.479 e. The number of aliphatic hydroxyl groups excluding tert-OH is 1. The van der Waals surface area contributed by atoms with E-state index in [1.54, 1.807) is 0 Å². The molecule has 0 saturated heterocycles. The molecule has 0 spiro atoms. The molecule has 0 aliphatic carbocycles. The van der Waals surface area contributed by atoms with Crippen LogP contribution in [-0.2, 0) is 21.0 Å². The van der Waals surface area contributed by atoms with Gasteiger partial charge >= 0.3 is 18.3 Å². The quantitative estimate of drug-likeness (QED) is 0.669. The molecule has 0 radical (unpaired) electrons. The molecule has 0 aliphatic rings. The van der Waals surface area contributed by atoms with Gasteiger partial charge in [-0.3, -0.25) is 0 Å². The molecule has 24 heavy (non-hydrogen) atoms. The van der Waals surface area contributed by atoms with Crippen molar-refractivity contribution in [2.75, 3.05) is 0 Å². The van der Waals surface area contributed by atoms with Gasteiger partial charge < -0.3 is 10.2 Å². The maximum Gasteiger partial charge on any atom is 0.416 e. The molecule has 1 aromatic rings. The first-order valence-corrected chi connectivity index (χ1v) is 7.32. The smallest absolute Gasteiger partial charge is 0.416 e. The van der Waals surface area contributed by atoms with Crippen molar-refractivity contribution in [2.45, 2.75) is 29.4 Å². The minimum Gasteiger partial charge on any atom is -0.479 e. The van der Waals surface area contributed by atoms with Crippen LogP contribution in [0.25, 0.3) is 0 Å². The van der Waals surface area contributed by atoms with Crippen LogP contribution in [0, 0.1) is 0 Å². The summed E-state index contributed by atoms with van der Waals surface area (Å²) in [6, 6.07) is -1.66. The monoisotopic (exact) mass is 381 g/mol. The first kappa shape index (κ1) is 20.2. The van der Waals surface area contributed by atoms with Gasteiger partial charge in [-0.15, -0.1) is 0 Å². The van der Waals surface area contributed by atoms with E-state index in [0.29, 0.717) is 18.2 Å². The molecule has 6 nitrogen and oxygen atoms in total. The zero-order chi connectivity index (χ0) is 18.9. The van der Waals surface area contributed by atoms with Crippen LogP contribution in [0.15, 0.2) is 29.2 Å². The van der Waals surface area contributed by atoms with Crippen LogP contribution in [0.3, 0.4) is 0 Å². The number of rotatable bonds is 5. The predicted octanol–water partition coefficient (Wildman–Crippen LogP) is 1.36. The van der Waals surface area contributed by atoms with Crippen molar-refractivity contribution in [1.82, 2.24) is 4.72 Å². The first-order chi connectivity index (χ1) is 10.7. The lowest BCUT2D eigenvalue weighted by atomic mass is 10.2. The van der Waals surface area contributed by atoms with Crippen LogP contribution < -0.4 is 4.72 Å². The van der Waals surface area contributed by atoms with E-state index >= 15 is 0 Å². The predicted molar refractivity (Wildman–Crippen MR) is 65.3 cm³/mol. The number of carboxylic acid groups (broad SMARTS) is 1. The second-order valence-corrected chi connectivity index (χ2v) is 6.16. The number of hydrogen-bond acceptors (Lipinski definition) is 4. The van der Waals surface area contributed by atoms with Crippen molar-refractivity contribution in [3.63, 3.8) is 0 Å². The Balaban J connectivity index is 3.27. The molecule has 0 amide bonds. The number of benzene rings is 1. The van der Waals surface area contributed by atoms with Crippen molar-refractivity contribution >= 4 is 16.0 Å². The van der Waals surface area contributed by atoms with E-state index in [4.69, 9.17) is 10.2 Å². The van der Waals surface area contributed by atoms with E-state index in [2.05, 4.69) is 0 Å². The maximum absolute atomic E-state index is 12.7. The number of aliphatic carboxylic acids is 1. The summed E-state index contributed by atoms with van der Waals surface area (Å²) < 4.78 is 100. The van der Waals surface area contributed by atoms with Gasteiger partial charge in [-0.1, -0.05) is 6.07 Å². The van der Waals surface area contributed by atoms with Crippen LogP contribution in [-0.4, -0.2) is 42.9 Å². The lowest BCUT2D eigenvalue weighted by Gasteiger charge is -2.23. The van der Waals surface area contributed by atoms with Gasteiger partial charge in [0.25, 0.3) is 0 Å². The van der Waals surface area contributed by atoms with E-state index in [-0.39, 0.29) is 6.07 Å². The van der Waals surface area contributed by atoms with Gasteiger partial charge in [-0.25, -0.2) is 13.2 Å². The third-order valence-corrected chi connectivity index (χ3v) is 4.11. The average molecular weight is 381 g/mol. The second kappa shape index (κ2) is 6.57. The third kappa shape index (κ3) is 4.82. The van der Waals surface area contributed by atoms with Crippen LogP contribution in [0.1, 0.15) is 5.56 Å². The Morgan fingerprint density at radius 3 is 2.08 bits per heavy atom. The normalized spacial score (nSPS) is 15.8. The molecule has 0 bridgehead atoms. The average Bonchev–Trinajstić information content (AvgIpc) is 2.42. The molecule has 0 saturated carbocycles. The van der Waals surface area contributed by atoms with E-state index in [9.17, 15) is 39.6 Å². The van der Waals surface area contributed by atoms with Crippen LogP contribution in [0.5, 0.6) is 0 Å². The lowest BCUT2D eigenvalue weighted by molar-refractivity contribution is -0.185. The number of nitrogens with one attached hydrogen (secondary N) is 1. The summed E-state index contributed by atoms with van der Waals surface area (Å²) in [5, 5.41) is 17.4. The Hall–Kier alpha value is -1.86. The summed E-state index contributed by atoms with van der Waals surface area (Å²) in [6.07, 6.45) is -13.6. The van der Waals surface area contributed by atoms with Gasteiger partial charge in [0.2, 0.25) is 10.0 Å². The highest BCUT2D eigenvalue weighted by molar-refractivity contribution is 7.89. The highest BCUT2D eigenvalue weighted by Crippen LogP contribution is 2.31. The number of carbonyl (C=O) groups is 1. The van der Waals surface area contributed by atoms with E-state index in [0.717, 1.165) is 4.72 Å². The highest BCUT2D eigenvalue weighted by Gasteiger charge is 2.49. The van der Waals surface area contributed by atoms with Gasteiger partial charge in [-0.05, 0) is 18.2 Å². The highest BCUT2D eigenvalue weighted by atomic mass is 32.2. The van der Waals surface area contributed by atoms with Crippen molar-refractivity contribution in [1.29, 1.82) is 0 Å². The van der Waals surface area contributed by atoms with Crippen molar-refractivity contribution in [2.24, 2.45) is 0 Å². The molecule has 1 rings (SSSR count). The minimum absolute atomic E-state index is 0.0723. The lowest BCUT2D eigenvalue weighted by Crippen LogP contribution is -2.55. The molecule has 136 valence electrons. The fourth-order valence-electron chi connectivity index (χ4n) is 1.53. The molecule has 0 unspecified atom stereocenters. The SMILES string of the molecule is O=C(O)[C@H](O)[C@@H](NS(=O)(=O)c1cccc(C(F)(F)F)c1)C(F)(F)F. The molecular formula is C11H9F6NO5S. The van der Waals surface area contributed by atoms with E-state index in [1.165, 1.54) is 0 Å². The summed E-state index contributed by atoms with van der Waals surface area (Å²) in [6.45, 7) is 0. The summed E-state index contributed by atoms with van der Waals surface area (Å²) in [7, 11) is -5.20. The molecule has 13 heteroatoms. The van der Waals surface area contributed by atoms with Crippen LogP contribution >= 0.6 is 0 Å². The maximum atomic E-state index is 12.7. The Labute approximate surface area is 130 Å². The van der Waals surface area contributed by atoms with Crippen LogP contribution in [0.2, 0.25) is 0 Å². The van der Waals surface area contributed by atoms with Crippen molar-refractivity contribution in [3.8, 4) is 0 Å². The third-order valence-electron chi connectivity index (χ3n) is 2.68. The first-order valence-electron chi connectivity index (χ1n) is 5.83. The Kier molecular flexibility index (Phi) is 5.52. The van der Waals surface area contributed by atoms with Gasteiger partial charge in [0, 0.05) is 0 Å². The zero-order valence-corrected chi connectivity index (χ0v) is 12.1. The number of halogens is 6. The van der Waals surface area contributed by atoms with Crippen LogP contribution in [0.4, 0.5) is 26.3 Å². The number of aliphatic hydroxyl groups is 1. The Morgan fingerprint density at radius 1 is 1.12 bits per heavy atom. The summed E-state index contributed by atoms with van der Waals surface area (Å²) >= 11 is 0. The molecular weight excluding hydrogens is 372 g/mol. The fraction of sp³-hybridized carbons (Fsp3) is 0.364. The van der Waals surface area contributed by atoms with Gasteiger partial charge in [-0.2, -0.15) is 31.1 Å². The zero-order valence-electron chi connectivity index (χ0n) is 11.3. The minimum atomic E-state index is -5.51. The summed E-state index contributed by atoms with van der Waals surface area (Å²) in [5.74, 6) is -2.37. The summed E-state index contributed by atoms with van der Waals surface area (Å²) in [5.41, 5.74) is -1.44. The second-order valence-electron chi connectivity index (χ2n) is 4.45. The number of sulfonamides is 1. The molecule has 0 aliphatic heterocycles. The standard InChI is InChI=1S/C11H9F6NO5S/c12-10(13,14)5-2-1-3-6(4-5)24(22,23)18-8(11(15,16)17)7(19)9(20)21/h1-4,7-8,18-19H,(H,20,21)/t7-,8-/m1/s1. The molecule has 2 atom stereocenters. The van der Waals surface area contributed by atoms with Crippen molar-refractivity contribution < 1.29 is 49.8 Å². The summed E-state index contributed by atoms with van der Waals surface area (Å²) in [4.78, 5) is 9.29. The fourth-order valence-corrected chi connectivity index (χ4v) is 2.80. The Bertz CT molecular complexity index is 714.